The van der Waals surface area contributed by atoms with E-state index in [9.17, 15) is 0 Å². The molecule has 9 heavy (non-hydrogen) atoms. The first-order chi connectivity index (χ1) is 4.34. The molecule has 0 atom stereocenters. The third-order valence-electron chi connectivity index (χ3n) is 1.27. The van der Waals surface area contributed by atoms with Crippen molar-refractivity contribution in [2.45, 2.75) is 6.42 Å². The summed E-state index contributed by atoms with van der Waals surface area (Å²) in [5, 5.41) is 0. The van der Waals surface area contributed by atoms with E-state index in [0.717, 1.165) is 17.4 Å². The van der Waals surface area contributed by atoms with Crippen LogP contribution >= 0.6 is 24.3 Å². The maximum absolute atomic E-state index is 4.99. The van der Waals surface area contributed by atoms with Gasteiger partial charge in [0.25, 0.3) is 0 Å². The zero-order valence-corrected chi connectivity index (χ0v) is 6.93. The van der Waals surface area contributed by atoms with Gasteiger partial charge >= 0.3 is 0 Å². The van der Waals surface area contributed by atoms with Crippen molar-refractivity contribution in [2.24, 2.45) is 0 Å². The van der Waals surface area contributed by atoms with Gasteiger partial charge in [0, 0.05) is 13.1 Å². The fourth-order valence-corrected chi connectivity index (χ4v) is 1.44. The summed E-state index contributed by atoms with van der Waals surface area (Å²) in [6.07, 6.45) is 1.27. The maximum Gasteiger partial charge on any atom is 0.163 e. The van der Waals surface area contributed by atoms with Crippen molar-refractivity contribution < 1.29 is 4.18 Å². The molecule has 0 radical (unpaired) electrons. The zero-order chi connectivity index (χ0) is 6.69. The predicted octanol–water partition coefficient (Wildman–Crippen LogP) is 1.27. The number of hydrogen-bond donors (Lipinski definition) is 0. The second-order valence-electron chi connectivity index (χ2n) is 1.86. The van der Waals surface area contributed by atoms with Crippen LogP contribution in [0.2, 0.25) is 0 Å². The lowest BCUT2D eigenvalue weighted by Gasteiger charge is -2.31. The van der Waals surface area contributed by atoms with Crippen LogP contribution in [0.25, 0.3) is 0 Å². The molecule has 4 heteroatoms. The van der Waals surface area contributed by atoms with Crippen LogP contribution in [0.3, 0.4) is 0 Å². The Kier molecular flexibility index (Phi) is 2.75. The van der Waals surface area contributed by atoms with Gasteiger partial charge in [0.2, 0.25) is 0 Å². The van der Waals surface area contributed by atoms with Gasteiger partial charge in [0.15, 0.2) is 4.32 Å². The van der Waals surface area contributed by atoms with Crippen molar-refractivity contribution in [3.63, 3.8) is 0 Å². The Labute approximate surface area is 64.8 Å². The molecule has 0 unspecified atom stereocenters. The summed E-state index contributed by atoms with van der Waals surface area (Å²) in [7, 11) is 1.64. The Morgan fingerprint density at radius 3 is 2.67 bits per heavy atom. The lowest BCUT2D eigenvalue weighted by Crippen LogP contribution is -2.39. The second-order valence-corrected chi connectivity index (χ2v) is 3.39. The van der Waals surface area contributed by atoms with Crippen molar-refractivity contribution in [3.8, 4) is 0 Å². The monoisotopic (exact) mass is 163 g/mol. The van der Waals surface area contributed by atoms with Gasteiger partial charge in [-0.1, -0.05) is 12.2 Å². The molecule has 0 aromatic rings. The quantitative estimate of drug-likeness (QED) is 0.426. The van der Waals surface area contributed by atoms with Crippen LogP contribution in [0.5, 0.6) is 0 Å². The average Bonchev–Trinajstić information content (AvgIpc) is 1.60. The molecule has 1 saturated heterocycles. The molecule has 1 rings (SSSR count). The predicted molar refractivity (Wildman–Crippen MR) is 43.4 cm³/mol. The minimum Gasteiger partial charge on any atom is -0.356 e. The summed E-state index contributed by atoms with van der Waals surface area (Å²) in [6, 6.07) is 0. The number of likely N-dealkylation sites (tertiary alicyclic amines) is 1. The van der Waals surface area contributed by atoms with Crippen LogP contribution in [0.15, 0.2) is 0 Å². The lowest BCUT2D eigenvalue weighted by atomic mass is 10.2. The third kappa shape index (κ3) is 1.81. The van der Waals surface area contributed by atoms with E-state index in [4.69, 9.17) is 16.4 Å². The highest BCUT2D eigenvalue weighted by Gasteiger charge is 2.16. The van der Waals surface area contributed by atoms with E-state index in [-0.39, 0.29) is 0 Å². The number of thiocarbonyl (C=S) groups is 1. The van der Waals surface area contributed by atoms with Gasteiger partial charge in [0.1, 0.15) is 0 Å². The fourth-order valence-electron chi connectivity index (χ4n) is 0.623. The zero-order valence-electron chi connectivity index (χ0n) is 5.29. The highest BCUT2D eigenvalue weighted by atomic mass is 32.2. The molecule has 52 valence electrons. The number of nitrogens with zero attached hydrogens (tertiary/aromatic N) is 1. The molecule has 1 aliphatic heterocycles. The smallest absolute Gasteiger partial charge is 0.163 e. The molecule has 2 nitrogen and oxygen atoms in total. The number of rotatable bonds is 1. The first-order valence-corrected chi connectivity index (χ1v) is 3.99. The fraction of sp³-hybridized carbons (Fsp3) is 0.800. The highest BCUT2D eigenvalue weighted by molar-refractivity contribution is 8.19. The van der Waals surface area contributed by atoms with Crippen molar-refractivity contribution >= 4 is 28.6 Å². The summed E-state index contributed by atoms with van der Waals surface area (Å²) in [6.45, 7) is 2.21. The van der Waals surface area contributed by atoms with Crippen molar-refractivity contribution in [2.75, 3.05) is 20.2 Å². The lowest BCUT2D eigenvalue weighted by molar-refractivity contribution is 0.309. The molecule has 0 bridgehead atoms. The second kappa shape index (κ2) is 3.39. The molecular weight excluding hydrogens is 154 g/mol. The Morgan fingerprint density at radius 1 is 1.67 bits per heavy atom. The van der Waals surface area contributed by atoms with Crippen LogP contribution in [0, 0.1) is 0 Å². The van der Waals surface area contributed by atoms with Crippen molar-refractivity contribution in [1.82, 2.24) is 4.90 Å². The standard InChI is InChI=1S/C5H9NOS2/c1-7-9-5(8)6-3-2-4-6/h2-4H2,1H3. The first kappa shape index (κ1) is 7.31. The van der Waals surface area contributed by atoms with E-state index in [0.29, 0.717) is 0 Å². The largest absolute Gasteiger partial charge is 0.356 e. The minimum atomic E-state index is 0.865. The molecule has 0 N–H and O–H groups in total. The van der Waals surface area contributed by atoms with Crippen LogP contribution in [0.4, 0.5) is 0 Å². The molecule has 0 aliphatic carbocycles. The van der Waals surface area contributed by atoms with Gasteiger partial charge in [-0.15, -0.1) is 0 Å². The molecule has 1 heterocycles. The van der Waals surface area contributed by atoms with E-state index >= 15 is 0 Å². The Bertz CT molecular complexity index is 114. The summed E-state index contributed by atoms with van der Waals surface area (Å²) >= 11 is 6.26. The Morgan fingerprint density at radius 2 is 2.33 bits per heavy atom. The molecule has 1 aliphatic rings. The Balaban J connectivity index is 2.16. The topological polar surface area (TPSA) is 12.5 Å². The van der Waals surface area contributed by atoms with E-state index in [1.165, 1.54) is 18.5 Å². The van der Waals surface area contributed by atoms with Gasteiger partial charge in [-0.25, -0.2) is 0 Å². The maximum atomic E-state index is 4.99. The van der Waals surface area contributed by atoms with E-state index in [1.807, 2.05) is 0 Å². The summed E-state index contributed by atoms with van der Waals surface area (Å²) in [5.41, 5.74) is 0. The van der Waals surface area contributed by atoms with Crippen LogP contribution < -0.4 is 0 Å². The van der Waals surface area contributed by atoms with Gasteiger partial charge in [-0.05, 0) is 6.42 Å². The van der Waals surface area contributed by atoms with Gasteiger partial charge in [0.05, 0.1) is 19.2 Å². The van der Waals surface area contributed by atoms with E-state index in [2.05, 4.69) is 4.90 Å². The number of hydrogen-bond acceptors (Lipinski definition) is 3. The third-order valence-corrected chi connectivity index (χ3v) is 2.30. The Hall–Kier alpha value is 0.200. The van der Waals surface area contributed by atoms with Crippen LogP contribution in [0.1, 0.15) is 6.42 Å². The first-order valence-electron chi connectivity index (χ1n) is 2.84. The molecule has 0 aromatic carbocycles. The molecule has 0 saturated carbocycles. The van der Waals surface area contributed by atoms with Crippen molar-refractivity contribution in [1.29, 1.82) is 0 Å². The van der Waals surface area contributed by atoms with E-state index in [1.54, 1.807) is 7.11 Å². The van der Waals surface area contributed by atoms with Gasteiger partial charge < -0.3 is 9.08 Å². The SMILES string of the molecule is COSC(=S)N1CCC1. The molecular formula is C5H9NOS2. The average molecular weight is 163 g/mol. The highest BCUT2D eigenvalue weighted by Crippen LogP contribution is 2.15. The normalized spacial score (nSPS) is 17.2. The van der Waals surface area contributed by atoms with Crippen LogP contribution in [-0.4, -0.2) is 29.4 Å². The van der Waals surface area contributed by atoms with Gasteiger partial charge in [-0.3, -0.25) is 0 Å². The molecule has 0 aromatic heterocycles. The minimum absolute atomic E-state index is 0.865. The summed E-state index contributed by atoms with van der Waals surface area (Å²) in [5.74, 6) is 0. The molecule has 1 fully saturated rings. The molecule has 0 spiro atoms. The summed E-state index contributed by atoms with van der Waals surface area (Å²) in [4.78, 5) is 2.13. The van der Waals surface area contributed by atoms with Crippen molar-refractivity contribution in [3.05, 3.63) is 0 Å². The van der Waals surface area contributed by atoms with E-state index < -0.39 is 0 Å². The molecule has 0 amide bonds. The van der Waals surface area contributed by atoms with Gasteiger partial charge in [-0.2, -0.15) is 0 Å². The van der Waals surface area contributed by atoms with Crippen LogP contribution in [-0.2, 0) is 4.18 Å². The summed E-state index contributed by atoms with van der Waals surface area (Å²) < 4.78 is 5.66.